The number of ketones is 1. The molecule has 20 heavy (non-hydrogen) atoms. The van der Waals surface area contributed by atoms with E-state index in [2.05, 4.69) is 0 Å². The molecule has 5 heteroatoms. The lowest BCUT2D eigenvalue weighted by atomic mass is 10.0. The van der Waals surface area contributed by atoms with E-state index in [1.807, 2.05) is 0 Å². The summed E-state index contributed by atoms with van der Waals surface area (Å²) in [6.45, 7) is 0. The first-order chi connectivity index (χ1) is 9.52. The molecule has 0 amide bonds. The van der Waals surface area contributed by atoms with E-state index in [9.17, 15) is 18.0 Å². The molecule has 0 aromatic heterocycles. The standard InChI is InChI=1S/C15H11F3O2/c1-20-9-5-6-10(14(18)7-9)15(19)8-11-12(16)3-2-4-13(11)17/h2-7H,8H2,1H3. The Kier molecular flexibility index (Phi) is 4.08. The van der Waals surface area contributed by atoms with Gasteiger partial charge < -0.3 is 4.74 Å². The fourth-order valence-corrected chi connectivity index (χ4v) is 1.81. The Bertz CT molecular complexity index is 633. The molecule has 2 aromatic rings. The monoisotopic (exact) mass is 280 g/mol. The molecule has 2 nitrogen and oxygen atoms in total. The molecule has 0 aliphatic heterocycles. The van der Waals surface area contributed by atoms with Crippen molar-refractivity contribution in [1.82, 2.24) is 0 Å². The van der Waals surface area contributed by atoms with Crippen LogP contribution in [0.15, 0.2) is 36.4 Å². The molecule has 0 aliphatic rings. The second kappa shape index (κ2) is 5.77. The third-order valence-corrected chi connectivity index (χ3v) is 2.88. The summed E-state index contributed by atoms with van der Waals surface area (Å²) in [5.41, 5.74) is -0.596. The van der Waals surface area contributed by atoms with Crippen LogP contribution in [0.4, 0.5) is 13.2 Å². The molecule has 0 atom stereocenters. The highest BCUT2D eigenvalue weighted by atomic mass is 19.1. The van der Waals surface area contributed by atoms with Crippen molar-refractivity contribution in [2.24, 2.45) is 0 Å². The Morgan fingerprint density at radius 3 is 2.25 bits per heavy atom. The second-order valence-corrected chi connectivity index (χ2v) is 4.15. The number of hydrogen-bond acceptors (Lipinski definition) is 2. The average Bonchev–Trinajstić information content (AvgIpc) is 2.42. The van der Waals surface area contributed by atoms with E-state index < -0.39 is 29.7 Å². The van der Waals surface area contributed by atoms with Crippen molar-refractivity contribution >= 4 is 5.78 Å². The Morgan fingerprint density at radius 1 is 1.05 bits per heavy atom. The topological polar surface area (TPSA) is 26.3 Å². The third kappa shape index (κ3) is 2.82. The SMILES string of the molecule is COc1ccc(C(=O)Cc2c(F)cccc2F)c(F)c1. The Hall–Kier alpha value is -2.30. The number of carbonyl (C=O) groups is 1. The van der Waals surface area contributed by atoms with E-state index in [-0.39, 0.29) is 16.9 Å². The first kappa shape index (κ1) is 14.1. The summed E-state index contributed by atoms with van der Waals surface area (Å²) in [5.74, 6) is -2.88. The van der Waals surface area contributed by atoms with Crippen LogP contribution in [-0.2, 0) is 6.42 Å². The Morgan fingerprint density at radius 2 is 1.70 bits per heavy atom. The molecule has 2 rings (SSSR count). The summed E-state index contributed by atoms with van der Waals surface area (Å²) >= 11 is 0. The van der Waals surface area contributed by atoms with Gasteiger partial charge in [0.05, 0.1) is 12.7 Å². The molecule has 2 aromatic carbocycles. The first-order valence-corrected chi connectivity index (χ1v) is 5.82. The van der Waals surface area contributed by atoms with Gasteiger partial charge in [0.2, 0.25) is 0 Å². The summed E-state index contributed by atoms with van der Waals surface area (Å²) < 4.78 is 45.4. The van der Waals surface area contributed by atoms with Gasteiger partial charge in [-0.3, -0.25) is 4.79 Å². The van der Waals surface area contributed by atoms with Crippen LogP contribution in [0.2, 0.25) is 0 Å². The minimum atomic E-state index is -0.827. The van der Waals surface area contributed by atoms with Gasteiger partial charge in [-0.05, 0) is 24.3 Å². The molecular weight excluding hydrogens is 269 g/mol. The Labute approximate surface area is 113 Å². The number of ether oxygens (including phenoxy) is 1. The van der Waals surface area contributed by atoms with Crippen molar-refractivity contribution in [2.75, 3.05) is 7.11 Å². The first-order valence-electron chi connectivity index (χ1n) is 5.82. The van der Waals surface area contributed by atoms with Crippen LogP contribution in [-0.4, -0.2) is 12.9 Å². The minimum absolute atomic E-state index is 0.228. The lowest BCUT2D eigenvalue weighted by Crippen LogP contribution is -2.09. The van der Waals surface area contributed by atoms with Crippen LogP contribution in [0.3, 0.4) is 0 Å². The maximum absolute atomic E-state index is 13.7. The van der Waals surface area contributed by atoms with Crippen molar-refractivity contribution in [3.63, 3.8) is 0 Å². The van der Waals surface area contributed by atoms with E-state index in [4.69, 9.17) is 4.74 Å². The highest BCUT2D eigenvalue weighted by molar-refractivity contribution is 5.97. The van der Waals surface area contributed by atoms with E-state index in [0.717, 1.165) is 18.2 Å². The van der Waals surface area contributed by atoms with Gasteiger partial charge in [0.15, 0.2) is 5.78 Å². The normalized spacial score (nSPS) is 10.4. The number of methoxy groups -OCH3 is 1. The molecule has 0 heterocycles. The third-order valence-electron chi connectivity index (χ3n) is 2.88. The van der Waals surface area contributed by atoms with Crippen molar-refractivity contribution in [2.45, 2.75) is 6.42 Å². The van der Waals surface area contributed by atoms with Gasteiger partial charge in [0, 0.05) is 18.1 Å². The van der Waals surface area contributed by atoms with Crippen LogP contribution < -0.4 is 4.74 Å². The zero-order chi connectivity index (χ0) is 14.7. The average molecular weight is 280 g/mol. The lowest BCUT2D eigenvalue weighted by Gasteiger charge is -2.06. The molecule has 0 aliphatic carbocycles. The van der Waals surface area contributed by atoms with Crippen LogP contribution >= 0.6 is 0 Å². The highest BCUT2D eigenvalue weighted by Crippen LogP contribution is 2.20. The largest absolute Gasteiger partial charge is 0.497 e. The lowest BCUT2D eigenvalue weighted by molar-refractivity contribution is 0.0986. The molecular formula is C15H11F3O2. The number of Topliss-reactive ketones (excluding diaryl/α,β-unsaturated/α-hetero) is 1. The summed E-state index contributed by atoms with van der Waals surface area (Å²) in [5, 5.41) is 0. The predicted molar refractivity (Wildman–Crippen MR) is 67.3 cm³/mol. The van der Waals surface area contributed by atoms with E-state index in [0.29, 0.717) is 0 Å². The van der Waals surface area contributed by atoms with Gasteiger partial charge in [-0.15, -0.1) is 0 Å². The summed E-state index contributed by atoms with van der Waals surface area (Å²) in [4.78, 5) is 11.9. The quantitative estimate of drug-likeness (QED) is 0.801. The molecule has 104 valence electrons. The summed E-state index contributed by atoms with van der Waals surface area (Å²) in [7, 11) is 1.37. The molecule has 0 saturated heterocycles. The second-order valence-electron chi connectivity index (χ2n) is 4.15. The van der Waals surface area contributed by atoms with Crippen molar-refractivity contribution in [3.05, 3.63) is 65.0 Å². The van der Waals surface area contributed by atoms with Gasteiger partial charge in [-0.1, -0.05) is 6.07 Å². The maximum atomic E-state index is 13.7. The van der Waals surface area contributed by atoms with Crippen molar-refractivity contribution < 1.29 is 22.7 Å². The predicted octanol–water partition coefficient (Wildman–Crippen LogP) is 3.54. The van der Waals surface area contributed by atoms with Crippen LogP contribution in [0, 0.1) is 17.5 Å². The van der Waals surface area contributed by atoms with Crippen LogP contribution in [0.25, 0.3) is 0 Å². The number of hydrogen-bond donors (Lipinski definition) is 0. The van der Waals surface area contributed by atoms with Crippen molar-refractivity contribution in [3.8, 4) is 5.75 Å². The molecule has 0 saturated carbocycles. The fraction of sp³-hybridized carbons (Fsp3) is 0.133. The number of rotatable bonds is 4. The van der Waals surface area contributed by atoms with Gasteiger partial charge in [-0.25, -0.2) is 13.2 Å². The zero-order valence-corrected chi connectivity index (χ0v) is 10.6. The van der Waals surface area contributed by atoms with Gasteiger partial charge >= 0.3 is 0 Å². The molecule has 0 fully saturated rings. The summed E-state index contributed by atoms with van der Waals surface area (Å²) in [6, 6.07) is 6.99. The van der Waals surface area contributed by atoms with E-state index >= 15 is 0 Å². The zero-order valence-electron chi connectivity index (χ0n) is 10.6. The van der Waals surface area contributed by atoms with Gasteiger partial charge in [-0.2, -0.15) is 0 Å². The number of benzene rings is 2. The molecule has 0 radical (unpaired) electrons. The minimum Gasteiger partial charge on any atom is -0.497 e. The van der Waals surface area contributed by atoms with E-state index in [1.165, 1.54) is 25.3 Å². The maximum Gasteiger partial charge on any atom is 0.170 e. The molecule has 0 unspecified atom stereocenters. The summed E-state index contributed by atoms with van der Waals surface area (Å²) in [6.07, 6.45) is -0.540. The van der Waals surface area contributed by atoms with Crippen LogP contribution in [0.5, 0.6) is 5.75 Å². The Balaban J connectivity index is 2.29. The van der Waals surface area contributed by atoms with Crippen molar-refractivity contribution in [1.29, 1.82) is 0 Å². The fourth-order valence-electron chi connectivity index (χ4n) is 1.81. The number of halogens is 3. The van der Waals surface area contributed by atoms with E-state index in [1.54, 1.807) is 0 Å². The smallest absolute Gasteiger partial charge is 0.170 e. The highest BCUT2D eigenvalue weighted by Gasteiger charge is 2.17. The molecule has 0 bridgehead atoms. The molecule has 0 N–H and O–H groups in total. The molecule has 0 spiro atoms. The van der Waals surface area contributed by atoms with Gasteiger partial charge in [0.25, 0.3) is 0 Å². The van der Waals surface area contributed by atoms with Crippen LogP contribution in [0.1, 0.15) is 15.9 Å². The van der Waals surface area contributed by atoms with Gasteiger partial charge in [0.1, 0.15) is 23.2 Å². The number of carbonyl (C=O) groups excluding carboxylic acids is 1.